The predicted molar refractivity (Wildman–Crippen MR) is 70.3 cm³/mol. The second-order valence-electron chi connectivity index (χ2n) is 4.85. The van der Waals surface area contributed by atoms with Crippen molar-refractivity contribution in [3.8, 4) is 5.75 Å². The molecular weight excluding hydrogens is 226 g/mol. The normalized spacial score (nSPS) is 18.7. The highest BCUT2D eigenvalue weighted by molar-refractivity contribution is 5.99. The quantitative estimate of drug-likeness (QED) is 0.758. The maximum absolute atomic E-state index is 12.3. The number of para-hydroxylation sites is 1. The molecule has 0 radical (unpaired) electrons. The minimum atomic E-state index is 0.143. The van der Waals surface area contributed by atoms with Crippen LogP contribution in [0.15, 0.2) is 29.8 Å². The molecule has 0 spiro atoms. The van der Waals surface area contributed by atoms with Crippen LogP contribution in [0.1, 0.15) is 24.8 Å². The van der Waals surface area contributed by atoms with Crippen LogP contribution < -0.4 is 4.74 Å². The molecule has 0 bridgehead atoms. The van der Waals surface area contributed by atoms with Gasteiger partial charge in [-0.3, -0.25) is 4.79 Å². The van der Waals surface area contributed by atoms with Crippen LogP contribution in [0, 0.1) is 0 Å². The lowest BCUT2D eigenvalue weighted by Gasteiger charge is -2.28. The number of ether oxygens (including phenoxy) is 1. The fraction of sp³-hybridized carbons (Fsp3) is 0.400. The average Bonchev–Trinajstić information content (AvgIpc) is 2.47. The highest BCUT2D eigenvalue weighted by Crippen LogP contribution is 2.26. The molecule has 3 rings (SSSR count). The molecule has 0 unspecified atom stereocenters. The van der Waals surface area contributed by atoms with Crippen molar-refractivity contribution in [2.45, 2.75) is 19.3 Å². The van der Waals surface area contributed by atoms with Crippen molar-refractivity contribution in [2.75, 3.05) is 19.7 Å². The van der Waals surface area contributed by atoms with Crippen molar-refractivity contribution in [1.29, 1.82) is 0 Å². The Morgan fingerprint density at radius 1 is 1.11 bits per heavy atom. The van der Waals surface area contributed by atoms with Gasteiger partial charge in [0.25, 0.3) is 5.91 Å². The van der Waals surface area contributed by atoms with Crippen LogP contribution in [0.2, 0.25) is 0 Å². The molecule has 0 aliphatic carbocycles. The number of likely N-dealkylation sites (tertiary alicyclic amines) is 1. The second-order valence-corrected chi connectivity index (χ2v) is 4.85. The monoisotopic (exact) mass is 243 g/mol. The summed E-state index contributed by atoms with van der Waals surface area (Å²) in [5.41, 5.74) is 1.78. The zero-order chi connectivity index (χ0) is 12.4. The first-order valence-corrected chi connectivity index (χ1v) is 6.56. The fourth-order valence-electron chi connectivity index (χ4n) is 2.54. The number of nitrogens with zero attached hydrogens (tertiary/aromatic N) is 1. The topological polar surface area (TPSA) is 29.5 Å². The second kappa shape index (κ2) is 4.84. The number of amides is 1. The van der Waals surface area contributed by atoms with E-state index in [0.717, 1.165) is 42.8 Å². The third-order valence-electron chi connectivity index (χ3n) is 3.55. The van der Waals surface area contributed by atoms with Gasteiger partial charge >= 0.3 is 0 Å². The van der Waals surface area contributed by atoms with Gasteiger partial charge in [0.05, 0.1) is 5.57 Å². The average molecular weight is 243 g/mol. The predicted octanol–water partition coefficient (Wildman–Crippen LogP) is 2.47. The Balaban J connectivity index is 1.81. The van der Waals surface area contributed by atoms with Gasteiger partial charge in [-0.15, -0.1) is 0 Å². The van der Waals surface area contributed by atoms with Gasteiger partial charge in [-0.05, 0) is 31.4 Å². The molecule has 0 saturated carbocycles. The molecule has 0 N–H and O–H groups in total. The van der Waals surface area contributed by atoms with E-state index in [9.17, 15) is 4.79 Å². The van der Waals surface area contributed by atoms with Crippen molar-refractivity contribution in [1.82, 2.24) is 4.90 Å². The summed E-state index contributed by atoms with van der Waals surface area (Å²) in [6, 6.07) is 7.84. The van der Waals surface area contributed by atoms with Crippen LogP contribution in [0.3, 0.4) is 0 Å². The van der Waals surface area contributed by atoms with Crippen molar-refractivity contribution in [2.24, 2.45) is 0 Å². The van der Waals surface area contributed by atoms with E-state index in [1.807, 2.05) is 35.2 Å². The van der Waals surface area contributed by atoms with Gasteiger partial charge in [0.15, 0.2) is 0 Å². The first-order valence-electron chi connectivity index (χ1n) is 6.56. The highest BCUT2D eigenvalue weighted by atomic mass is 16.5. The van der Waals surface area contributed by atoms with E-state index in [-0.39, 0.29) is 5.91 Å². The molecule has 3 heteroatoms. The van der Waals surface area contributed by atoms with E-state index in [4.69, 9.17) is 4.74 Å². The number of hydrogen-bond acceptors (Lipinski definition) is 2. The maximum atomic E-state index is 12.3. The Hall–Kier alpha value is -1.77. The van der Waals surface area contributed by atoms with Crippen LogP contribution >= 0.6 is 0 Å². The van der Waals surface area contributed by atoms with Crippen LogP contribution in [-0.4, -0.2) is 30.5 Å². The van der Waals surface area contributed by atoms with Crippen LogP contribution in [0.5, 0.6) is 5.75 Å². The number of piperidine rings is 1. The van der Waals surface area contributed by atoms with E-state index in [2.05, 4.69) is 0 Å². The van der Waals surface area contributed by atoms with Crippen molar-refractivity contribution in [3.63, 3.8) is 0 Å². The SMILES string of the molecule is O=C(C1=Cc2ccccc2OC1)N1CCCCC1. The molecule has 2 heterocycles. The third kappa shape index (κ3) is 2.13. The molecule has 2 aliphatic rings. The van der Waals surface area contributed by atoms with Crippen molar-refractivity contribution >= 4 is 12.0 Å². The summed E-state index contributed by atoms with van der Waals surface area (Å²) in [5, 5.41) is 0. The lowest BCUT2D eigenvalue weighted by atomic mass is 10.0. The number of carbonyl (C=O) groups excluding carboxylic acids is 1. The Labute approximate surface area is 107 Å². The minimum Gasteiger partial charge on any atom is -0.488 e. The zero-order valence-electron chi connectivity index (χ0n) is 10.4. The Kier molecular flexibility index (Phi) is 3.05. The van der Waals surface area contributed by atoms with Crippen LogP contribution in [0.25, 0.3) is 6.08 Å². The molecule has 1 fully saturated rings. The molecule has 1 saturated heterocycles. The van der Waals surface area contributed by atoms with Gasteiger partial charge in [-0.1, -0.05) is 18.2 Å². The van der Waals surface area contributed by atoms with E-state index in [1.165, 1.54) is 6.42 Å². The molecule has 94 valence electrons. The number of carbonyl (C=O) groups is 1. The van der Waals surface area contributed by atoms with Crippen LogP contribution in [0.4, 0.5) is 0 Å². The highest BCUT2D eigenvalue weighted by Gasteiger charge is 2.23. The molecule has 2 aliphatic heterocycles. The summed E-state index contributed by atoms with van der Waals surface area (Å²) in [4.78, 5) is 14.3. The van der Waals surface area contributed by atoms with E-state index in [0.29, 0.717) is 6.61 Å². The lowest BCUT2D eigenvalue weighted by molar-refractivity contribution is -0.128. The first-order chi connectivity index (χ1) is 8.84. The Bertz CT molecular complexity index is 487. The lowest BCUT2D eigenvalue weighted by Crippen LogP contribution is -2.38. The standard InChI is InChI=1S/C15H17NO2/c17-15(16-8-4-1-5-9-16)13-10-12-6-2-3-7-14(12)18-11-13/h2-3,6-7,10H,1,4-5,8-9,11H2. The number of hydrogen-bond donors (Lipinski definition) is 0. The van der Waals surface area contributed by atoms with E-state index < -0.39 is 0 Å². The summed E-state index contributed by atoms with van der Waals surface area (Å²) in [6.07, 6.45) is 5.45. The van der Waals surface area contributed by atoms with Gasteiger partial charge in [-0.2, -0.15) is 0 Å². The van der Waals surface area contributed by atoms with Gasteiger partial charge in [0.1, 0.15) is 12.4 Å². The van der Waals surface area contributed by atoms with Gasteiger partial charge in [0.2, 0.25) is 0 Å². The molecule has 1 amide bonds. The minimum absolute atomic E-state index is 0.143. The molecule has 0 atom stereocenters. The molecule has 0 aromatic heterocycles. The number of fused-ring (bicyclic) bond motifs is 1. The Morgan fingerprint density at radius 2 is 1.89 bits per heavy atom. The molecule has 1 aromatic rings. The van der Waals surface area contributed by atoms with Crippen molar-refractivity contribution < 1.29 is 9.53 Å². The maximum Gasteiger partial charge on any atom is 0.253 e. The number of rotatable bonds is 1. The Morgan fingerprint density at radius 3 is 2.72 bits per heavy atom. The summed E-state index contributed by atoms with van der Waals surface area (Å²) < 4.78 is 5.63. The van der Waals surface area contributed by atoms with Crippen LogP contribution in [-0.2, 0) is 4.79 Å². The van der Waals surface area contributed by atoms with Gasteiger partial charge < -0.3 is 9.64 Å². The largest absolute Gasteiger partial charge is 0.488 e. The molecular formula is C15H17NO2. The zero-order valence-corrected chi connectivity index (χ0v) is 10.4. The molecule has 3 nitrogen and oxygen atoms in total. The van der Waals surface area contributed by atoms with E-state index >= 15 is 0 Å². The van der Waals surface area contributed by atoms with Gasteiger partial charge in [-0.25, -0.2) is 0 Å². The summed E-state index contributed by atoms with van der Waals surface area (Å²) in [5.74, 6) is 1.01. The smallest absolute Gasteiger partial charge is 0.253 e. The summed E-state index contributed by atoms with van der Waals surface area (Å²) in [7, 11) is 0. The number of benzene rings is 1. The summed E-state index contributed by atoms with van der Waals surface area (Å²) >= 11 is 0. The fourth-order valence-corrected chi connectivity index (χ4v) is 2.54. The van der Waals surface area contributed by atoms with Gasteiger partial charge in [0, 0.05) is 18.7 Å². The molecule has 18 heavy (non-hydrogen) atoms. The van der Waals surface area contributed by atoms with Crippen molar-refractivity contribution in [3.05, 3.63) is 35.4 Å². The van der Waals surface area contributed by atoms with E-state index in [1.54, 1.807) is 0 Å². The first kappa shape index (κ1) is 11.3. The third-order valence-corrected chi connectivity index (χ3v) is 3.55. The summed E-state index contributed by atoms with van der Waals surface area (Å²) in [6.45, 7) is 2.17. The molecule has 1 aromatic carbocycles.